The molecule has 2 aromatic carbocycles. The summed E-state index contributed by atoms with van der Waals surface area (Å²) >= 11 is 0. The van der Waals surface area contributed by atoms with E-state index in [4.69, 9.17) is 4.74 Å². The summed E-state index contributed by atoms with van der Waals surface area (Å²) in [5.41, 5.74) is 3.46. The maximum atomic E-state index is 12.3. The molecule has 0 atom stereocenters. The molecule has 2 heterocycles. The fraction of sp³-hybridized carbons (Fsp3) is 0.269. The number of aromatic nitrogens is 3. The van der Waals surface area contributed by atoms with E-state index in [0.717, 1.165) is 22.2 Å². The van der Waals surface area contributed by atoms with E-state index in [1.807, 2.05) is 52.0 Å². The van der Waals surface area contributed by atoms with Gasteiger partial charge in [-0.05, 0) is 55.7 Å². The van der Waals surface area contributed by atoms with E-state index in [9.17, 15) is 13.7 Å². The lowest BCUT2D eigenvalue weighted by molar-refractivity contribution is 0.442. The van der Waals surface area contributed by atoms with Crippen LogP contribution in [0.4, 0.5) is 5.69 Å². The van der Waals surface area contributed by atoms with Crippen LogP contribution in [0.2, 0.25) is 0 Å². The standard InChI is InChI=1S/C26H27N5O3S/c1-17(2)16-35(32,33)30-20-8-6-19(7-9-20)25-23(15-27)22-11-10-21(14-24(22)31(25)18(3)4)34-26-28-12-5-13-29-26/h5-14,17-18,30H,16H2,1-4H3. The summed E-state index contributed by atoms with van der Waals surface area (Å²) in [6.45, 7) is 7.82. The van der Waals surface area contributed by atoms with Gasteiger partial charge < -0.3 is 9.30 Å². The van der Waals surface area contributed by atoms with Gasteiger partial charge in [-0.25, -0.2) is 18.4 Å². The topological polar surface area (TPSA) is 110 Å². The Bertz CT molecular complexity index is 1490. The molecule has 4 aromatic rings. The van der Waals surface area contributed by atoms with Crippen LogP contribution in [0.15, 0.2) is 60.9 Å². The van der Waals surface area contributed by atoms with Crippen molar-refractivity contribution in [2.24, 2.45) is 5.92 Å². The van der Waals surface area contributed by atoms with Gasteiger partial charge in [0, 0.05) is 35.6 Å². The Morgan fingerprint density at radius 1 is 1.06 bits per heavy atom. The molecule has 0 unspecified atom stereocenters. The molecular weight excluding hydrogens is 462 g/mol. The maximum Gasteiger partial charge on any atom is 0.321 e. The molecule has 180 valence electrons. The first-order valence-corrected chi connectivity index (χ1v) is 13.0. The van der Waals surface area contributed by atoms with Gasteiger partial charge in [-0.1, -0.05) is 26.0 Å². The molecule has 0 aliphatic rings. The minimum atomic E-state index is -3.43. The zero-order valence-electron chi connectivity index (χ0n) is 20.1. The molecule has 1 N–H and O–H groups in total. The fourth-order valence-corrected chi connectivity index (χ4v) is 5.54. The van der Waals surface area contributed by atoms with Gasteiger partial charge in [-0.3, -0.25) is 4.72 Å². The van der Waals surface area contributed by atoms with E-state index in [-0.39, 0.29) is 23.7 Å². The minimum absolute atomic E-state index is 0.0223. The summed E-state index contributed by atoms with van der Waals surface area (Å²) in [5, 5.41) is 10.9. The first-order chi connectivity index (χ1) is 16.7. The van der Waals surface area contributed by atoms with Crippen LogP contribution >= 0.6 is 0 Å². The van der Waals surface area contributed by atoms with Crippen molar-refractivity contribution in [2.75, 3.05) is 10.5 Å². The van der Waals surface area contributed by atoms with Gasteiger partial charge >= 0.3 is 6.01 Å². The second-order valence-corrected chi connectivity index (χ2v) is 10.7. The maximum absolute atomic E-state index is 12.3. The Balaban J connectivity index is 1.77. The zero-order chi connectivity index (χ0) is 25.2. The van der Waals surface area contributed by atoms with Crippen molar-refractivity contribution in [3.8, 4) is 29.1 Å². The van der Waals surface area contributed by atoms with Crippen molar-refractivity contribution >= 4 is 26.6 Å². The van der Waals surface area contributed by atoms with E-state index in [0.29, 0.717) is 17.0 Å². The number of ether oxygens (including phenoxy) is 1. The monoisotopic (exact) mass is 489 g/mol. The lowest BCUT2D eigenvalue weighted by Gasteiger charge is -2.16. The fourth-order valence-electron chi connectivity index (χ4n) is 4.09. The average Bonchev–Trinajstić information content (AvgIpc) is 3.13. The molecule has 35 heavy (non-hydrogen) atoms. The minimum Gasteiger partial charge on any atom is -0.424 e. The van der Waals surface area contributed by atoms with Crippen molar-refractivity contribution in [3.63, 3.8) is 0 Å². The highest BCUT2D eigenvalue weighted by molar-refractivity contribution is 7.92. The number of nitrogens with one attached hydrogen (secondary N) is 1. The molecule has 2 aromatic heterocycles. The number of hydrogen-bond donors (Lipinski definition) is 1. The number of sulfonamides is 1. The summed E-state index contributed by atoms with van der Waals surface area (Å²) in [4.78, 5) is 8.21. The zero-order valence-corrected chi connectivity index (χ0v) is 20.9. The third kappa shape index (κ3) is 5.28. The predicted octanol–water partition coefficient (Wildman–Crippen LogP) is 5.74. The number of fused-ring (bicyclic) bond motifs is 1. The van der Waals surface area contributed by atoms with E-state index >= 15 is 0 Å². The lowest BCUT2D eigenvalue weighted by Crippen LogP contribution is -2.19. The highest BCUT2D eigenvalue weighted by Crippen LogP contribution is 2.38. The Hall–Kier alpha value is -3.90. The largest absolute Gasteiger partial charge is 0.424 e. The van der Waals surface area contributed by atoms with Gasteiger partial charge in [0.1, 0.15) is 11.8 Å². The molecule has 0 spiro atoms. The lowest BCUT2D eigenvalue weighted by atomic mass is 10.1. The summed E-state index contributed by atoms with van der Waals surface area (Å²) in [6.07, 6.45) is 3.21. The molecule has 0 fully saturated rings. The molecule has 9 heteroatoms. The molecule has 0 amide bonds. The second kappa shape index (κ2) is 9.76. The van der Waals surface area contributed by atoms with Crippen molar-refractivity contribution in [1.29, 1.82) is 5.26 Å². The van der Waals surface area contributed by atoms with Gasteiger partial charge in [0.05, 0.1) is 22.5 Å². The van der Waals surface area contributed by atoms with Gasteiger partial charge in [-0.15, -0.1) is 0 Å². The first kappa shape index (κ1) is 24.2. The van der Waals surface area contributed by atoms with E-state index in [2.05, 4.69) is 25.3 Å². The van der Waals surface area contributed by atoms with Crippen molar-refractivity contribution in [3.05, 3.63) is 66.5 Å². The van der Waals surface area contributed by atoms with E-state index < -0.39 is 10.0 Å². The number of rotatable bonds is 8. The van der Waals surface area contributed by atoms with Crippen LogP contribution in [0.25, 0.3) is 22.2 Å². The van der Waals surface area contributed by atoms with Crippen LogP contribution < -0.4 is 9.46 Å². The smallest absolute Gasteiger partial charge is 0.321 e. The van der Waals surface area contributed by atoms with Crippen molar-refractivity contribution < 1.29 is 13.2 Å². The van der Waals surface area contributed by atoms with Gasteiger partial charge in [0.15, 0.2) is 0 Å². The Kier molecular flexibility index (Phi) is 6.76. The van der Waals surface area contributed by atoms with Gasteiger partial charge in [0.25, 0.3) is 0 Å². The van der Waals surface area contributed by atoms with Crippen LogP contribution in [-0.4, -0.2) is 28.7 Å². The van der Waals surface area contributed by atoms with E-state index in [1.54, 1.807) is 36.7 Å². The third-order valence-electron chi connectivity index (χ3n) is 5.34. The highest BCUT2D eigenvalue weighted by atomic mass is 32.2. The molecule has 0 aliphatic carbocycles. The van der Waals surface area contributed by atoms with Crippen LogP contribution in [0.3, 0.4) is 0 Å². The second-order valence-electron chi connectivity index (χ2n) is 8.97. The first-order valence-electron chi connectivity index (χ1n) is 11.3. The number of nitriles is 1. The number of nitrogens with zero attached hydrogens (tertiary/aromatic N) is 4. The number of benzene rings is 2. The van der Waals surface area contributed by atoms with Gasteiger partial charge in [-0.2, -0.15) is 5.26 Å². The quantitative estimate of drug-likeness (QED) is 0.338. The van der Waals surface area contributed by atoms with Crippen LogP contribution in [0.5, 0.6) is 11.8 Å². The third-order valence-corrected chi connectivity index (χ3v) is 6.99. The summed E-state index contributed by atoms with van der Waals surface area (Å²) < 4.78 is 35.1. The highest BCUT2D eigenvalue weighted by Gasteiger charge is 2.21. The molecule has 8 nitrogen and oxygen atoms in total. The molecule has 0 saturated carbocycles. The molecule has 0 aliphatic heterocycles. The van der Waals surface area contributed by atoms with Gasteiger partial charge in [0.2, 0.25) is 10.0 Å². The van der Waals surface area contributed by atoms with Crippen LogP contribution in [-0.2, 0) is 10.0 Å². The number of anilines is 1. The SMILES string of the molecule is CC(C)CS(=O)(=O)Nc1ccc(-c2c(C#N)c3ccc(Oc4ncccn4)cc3n2C(C)C)cc1. The average molecular weight is 490 g/mol. The van der Waals surface area contributed by atoms with Crippen molar-refractivity contribution in [1.82, 2.24) is 14.5 Å². The molecule has 4 rings (SSSR count). The number of hydrogen-bond acceptors (Lipinski definition) is 6. The molecule has 0 bridgehead atoms. The van der Waals surface area contributed by atoms with Crippen LogP contribution in [0, 0.1) is 17.2 Å². The predicted molar refractivity (Wildman–Crippen MR) is 137 cm³/mol. The Morgan fingerprint density at radius 3 is 2.34 bits per heavy atom. The summed E-state index contributed by atoms with van der Waals surface area (Å²) in [7, 11) is -3.43. The summed E-state index contributed by atoms with van der Waals surface area (Å²) in [6, 6.07) is 17.0. The normalized spacial score (nSPS) is 11.7. The van der Waals surface area contributed by atoms with Crippen molar-refractivity contribution in [2.45, 2.75) is 33.7 Å². The molecule has 0 saturated heterocycles. The van der Waals surface area contributed by atoms with E-state index in [1.165, 1.54) is 0 Å². The Morgan fingerprint density at radius 2 is 1.74 bits per heavy atom. The molecule has 0 radical (unpaired) electrons. The summed E-state index contributed by atoms with van der Waals surface area (Å²) in [5.74, 6) is 0.635. The van der Waals surface area contributed by atoms with Crippen LogP contribution in [0.1, 0.15) is 39.3 Å². The Labute approximate surface area is 205 Å². The molecular formula is C26H27N5O3S.